The van der Waals surface area contributed by atoms with Gasteiger partial charge in [-0.3, -0.25) is 4.79 Å². The number of fused-ring (bicyclic) bond motifs is 1. The lowest BCUT2D eigenvalue weighted by Crippen LogP contribution is -2.33. The molecule has 41 heavy (non-hydrogen) atoms. The minimum atomic E-state index is -0.564. The van der Waals surface area contributed by atoms with Gasteiger partial charge in [-0.25, -0.2) is 9.79 Å². The van der Waals surface area contributed by atoms with Crippen LogP contribution < -0.4 is 5.32 Å². The Morgan fingerprint density at radius 1 is 1.00 bits per heavy atom. The fraction of sp³-hybridized carbons (Fsp3) is 0.303. The maximum atomic E-state index is 12.8. The highest BCUT2D eigenvalue weighted by atomic mass is 16.6. The molecule has 0 atom stereocenters. The van der Waals surface area contributed by atoms with Crippen molar-refractivity contribution in [2.24, 2.45) is 4.99 Å². The molecule has 0 aliphatic carbocycles. The number of aromatic hydroxyl groups is 1. The molecule has 0 unspecified atom stereocenters. The van der Waals surface area contributed by atoms with E-state index >= 15 is 0 Å². The fourth-order valence-electron chi connectivity index (χ4n) is 4.38. The number of aromatic nitrogens is 1. The van der Waals surface area contributed by atoms with Crippen LogP contribution in [0.1, 0.15) is 67.6 Å². The Morgan fingerprint density at radius 2 is 1.71 bits per heavy atom. The molecule has 0 radical (unpaired) electrons. The van der Waals surface area contributed by atoms with E-state index in [2.05, 4.69) is 17.2 Å². The molecule has 4 aromatic rings. The van der Waals surface area contributed by atoms with Gasteiger partial charge >= 0.3 is 6.09 Å². The van der Waals surface area contributed by atoms with Crippen LogP contribution in [0.15, 0.2) is 77.8 Å². The van der Waals surface area contributed by atoms with Gasteiger partial charge in [-0.2, -0.15) is 0 Å². The highest BCUT2D eigenvalue weighted by molar-refractivity contribution is 6.22. The van der Waals surface area contributed by atoms with Crippen LogP contribution in [0.4, 0.5) is 10.5 Å². The van der Waals surface area contributed by atoms with Gasteiger partial charge in [0.15, 0.2) is 5.88 Å². The summed E-state index contributed by atoms with van der Waals surface area (Å²) in [5.74, 6) is -0.182. The summed E-state index contributed by atoms with van der Waals surface area (Å²) in [5.41, 5.74) is 4.15. The average Bonchev–Trinajstić information content (AvgIpc) is 3.26. The van der Waals surface area contributed by atoms with Gasteiger partial charge < -0.3 is 25.0 Å². The second-order valence-electron chi connectivity index (χ2n) is 11.0. The molecule has 4 rings (SSSR count). The Balaban J connectivity index is 1.68. The third kappa shape index (κ3) is 7.54. The molecule has 214 valence electrons. The summed E-state index contributed by atoms with van der Waals surface area (Å²) in [4.78, 5) is 34.7. The van der Waals surface area contributed by atoms with Crippen molar-refractivity contribution in [2.45, 2.75) is 52.7 Å². The molecular formula is C33H38N4O4. The van der Waals surface area contributed by atoms with Gasteiger partial charge in [-0.1, -0.05) is 55.8 Å². The van der Waals surface area contributed by atoms with Crippen LogP contribution in [0.25, 0.3) is 10.9 Å². The van der Waals surface area contributed by atoms with Crippen molar-refractivity contribution in [1.82, 2.24) is 15.2 Å². The Bertz CT molecular complexity index is 1530. The monoisotopic (exact) mass is 554 g/mol. The van der Waals surface area contributed by atoms with Gasteiger partial charge in [0.05, 0.1) is 17.0 Å². The first-order chi connectivity index (χ1) is 19.6. The zero-order valence-corrected chi connectivity index (χ0v) is 24.3. The van der Waals surface area contributed by atoms with Crippen molar-refractivity contribution in [1.29, 1.82) is 0 Å². The van der Waals surface area contributed by atoms with Crippen molar-refractivity contribution in [2.75, 3.05) is 13.6 Å². The van der Waals surface area contributed by atoms with E-state index in [-0.39, 0.29) is 17.9 Å². The summed E-state index contributed by atoms with van der Waals surface area (Å²) in [6.07, 6.45) is 1.51. The topological polar surface area (TPSA) is 107 Å². The van der Waals surface area contributed by atoms with Gasteiger partial charge in [0.1, 0.15) is 5.60 Å². The summed E-state index contributed by atoms with van der Waals surface area (Å²) < 4.78 is 5.45. The lowest BCUT2D eigenvalue weighted by atomic mass is 9.99. The van der Waals surface area contributed by atoms with Crippen molar-refractivity contribution < 1.29 is 19.4 Å². The highest BCUT2D eigenvalue weighted by Crippen LogP contribution is 2.32. The van der Waals surface area contributed by atoms with Crippen LogP contribution in [0.3, 0.4) is 0 Å². The Morgan fingerprint density at radius 3 is 2.37 bits per heavy atom. The van der Waals surface area contributed by atoms with Crippen molar-refractivity contribution in [3.63, 3.8) is 0 Å². The van der Waals surface area contributed by atoms with Gasteiger partial charge in [0, 0.05) is 42.2 Å². The van der Waals surface area contributed by atoms with Gasteiger partial charge in [-0.05, 0) is 63.1 Å². The predicted molar refractivity (Wildman–Crippen MR) is 163 cm³/mol. The molecule has 0 aliphatic rings. The minimum absolute atomic E-state index is 0.0262. The van der Waals surface area contributed by atoms with Crippen LogP contribution in [0.5, 0.6) is 5.88 Å². The fourth-order valence-corrected chi connectivity index (χ4v) is 4.38. The molecule has 2 amide bonds. The quantitative estimate of drug-likeness (QED) is 0.154. The number of benzene rings is 3. The average molecular weight is 555 g/mol. The molecule has 1 aromatic heterocycles. The van der Waals surface area contributed by atoms with Crippen molar-refractivity contribution in [3.05, 3.63) is 95.1 Å². The van der Waals surface area contributed by atoms with Crippen LogP contribution in [0.2, 0.25) is 0 Å². The number of nitrogens with zero attached hydrogens (tertiary/aromatic N) is 2. The molecule has 0 saturated carbocycles. The van der Waals surface area contributed by atoms with Gasteiger partial charge in [0.2, 0.25) is 0 Å². The molecule has 0 bridgehead atoms. The lowest BCUT2D eigenvalue weighted by molar-refractivity contribution is 0.0285. The van der Waals surface area contributed by atoms with E-state index in [1.165, 1.54) is 4.90 Å². The first kappa shape index (κ1) is 29.4. The summed E-state index contributed by atoms with van der Waals surface area (Å²) in [5, 5.41) is 14.7. The molecule has 0 fully saturated rings. The van der Waals surface area contributed by atoms with E-state index in [1.54, 1.807) is 25.2 Å². The molecular weight excluding hydrogens is 516 g/mol. The Hall–Kier alpha value is -4.59. The van der Waals surface area contributed by atoms with E-state index in [1.807, 2.05) is 75.4 Å². The van der Waals surface area contributed by atoms with E-state index in [9.17, 15) is 14.7 Å². The maximum Gasteiger partial charge on any atom is 0.410 e. The van der Waals surface area contributed by atoms with E-state index in [0.29, 0.717) is 46.5 Å². The lowest BCUT2D eigenvalue weighted by Gasteiger charge is -2.24. The summed E-state index contributed by atoms with van der Waals surface area (Å²) in [6.45, 7) is 8.59. The maximum absolute atomic E-state index is 12.8. The molecule has 3 aromatic carbocycles. The Labute approximate surface area is 241 Å². The third-order valence-corrected chi connectivity index (χ3v) is 6.44. The number of carbonyl (C=O) groups excluding carboxylic acids is 2. The molecule has 8 heteroatoms. The largest absolute Gasteiger partial charge is 0.494 e. The first-order valence-corrected chi connectivity index (χ1v) is 13.9. The number of aromatic amines is 1. The zero-order chi connectivity index (χ0) is 29.6. The number of aliphatic imine (C=N–C) groups is 1. The van der Waals surface area contributed by atoms with Gasteiger partial charge in [-0.15, -0.1) is 0 Å². The molecule has 0 spiro atoms. The molecule has 1 heterocycles. The standard InChI is InChI=1S/C33H38N4O4/c1-6-7-19-34-30(38)24-15-18-27-26(20-24)28(31(39)36-27)29(23-11-9-8-10-12-23)35-25-16-13-22(14-17-25)21-37(5)32(40)41-33(2,3)4/h8-18,20,36,39H,6-7,19,21H2,1-5H3,(H,34,38). The number of nitrogens with one attached hydrogen (secondary N) is 2. The molecule has 0 saturated heterocycles. The molecule has 8 nitrogen and oxygen atoms in total. The first-order valence-electron chi connectivity index (χ1n) is 13.9. The SMILES string of the molecule is CCCCNC(=O)c1ccc2[nH]c(O)c(C(=Nc3ccc(CN(C)C(=O)OC(C)(C)C)cc3)c3ccccc3)c2c1. The van der Waals surface area contributed by atoms with E-state index in [4.69, 9.17) is 9.73 Å². The van der Waals surface area contributed by atoms with Crippen LogP contribution in [-0.4, -0.2) is 51.9 Å². The van der Waals surface area contributed by atoms with Crippen LogP contribution in [-0.2, 0) is 11.3 Å². The number of hydrogen-bond donors (Lipinski definition) is 3. The van der Waals surface area contributed by atoms with Crippen LogP contribution in [0, 0.1) is 0 Å². The predicted octanol–water partition coefficient (Wildman–Crippen LogP) is 6.94. The van der Waals surface area contributed by atoms with Crippen molar-refractivity contribution in [3.8, 4) is 5.88 Å². The van der Waals surface area contributed by atoms with Crippen LogP contribution >= 0.6 is 0 Å². The summed E-state index contributed by atoms with van der Waals surface area (Å²) in [7, 11) is 1.70. The van der Waals surface area contributed by atoms with Gasteiger partial charge in [0.25, 0.3) is 5.91 Å². The minimum Gasteiger partial charge on any atom is -0.494 e. The molecule has 3 N–H and O–H groups in total. The summed E-state index contributed by atoms with van der Waals surface area (Å²) in [6, 6.07) is 22.5. The smallest absolute Gasteiger partial charge is 0.410 e. The number of H-pyrrole nitrogens is 1. The zero-order valence-electron chi connectivity index (χ0n) is 24.3. The second kappa shape index (κ2) is 12.7. The molecule has 0 aliphatic heterocycles. The van der Waals surface area contributed by atoms with E-state index < -0.39 is 5.60 Å². The normalized spacial score (nSPS) is 11.9. The highest BCUT2D eigenvalue weighted by Gasteiger charge is 2.21. The number of hydrogen-bond acceptors (Lipinski definition) is 5. The number of amides is 2. The number of unbranched alkanes of at least 4 members (excludes halogenated alkanes) is 1. The Kier molecular flexibility index (Phi) is 9.12. The van der Waals surface area contributed by atoms with Crippen molar-refractivity contribution >= 4 is 34.3 Å². The van der Waals surface area contributed by atoms with E-state index in [0.717, 1.165) is 24.0 Å². The number of ether oxygens (including phenoxy) is 1. The number of carbonyl (C=O) groups is 2. The number of rotatable bonds is 9. The second-order valence-corrected chi connectivity index (χ2v) is 11.0. The third-order valence-electron chi connectivity index (χ3n) is 6.44. The summed E-state index contributed by atoms with van der Waals surface area (Å²) >= 11 is 0.